The number of carbonyl (C=O) groups is 2. The van der Waals surface area contributed by atoms with Crippen LogP contribution in [0.5, 0.6) is 17.2 Å². The second kappa shape index (κ2) is 12.6. The Hall–Kier alpha value is -4.48. The monoisotopic (exact) mass is 590 g/mol. The van der Waals surface area contributed by atoms with Crippen molar-refractivity contribution in [1.82, 2.24) is 9.80 Å². The van der Waals surface area contributed by atoms with Crippen LogP contribution in [0.25, 0.3) is 0 Å². The van der Waals surface area contributed by atoms with Crippen LogP contribution in [-0.4, -0.2) is 65.1 Å². The number of aliphatic carboxylic acids is 1. The van der Waals surface area contributed by atoms with Gasteiger partial charge in [-0.15, -0.1) is 13.2 Å². The Morgan fingerprint density at radius 1 is 0.952 bits per heavy atom. The molecule has 3 aromatic carbocycles. The van der Waals surface area contributed by atoms with Gasteiger partial charge in [0.15, 0.2) is 11.6 Å². The van der Waals surface area contributed by atoms with Crippen molar-refractivity contribution in [2.75, 3.05) is 20.2 Å². The number of hydrogen-bond acceptors (Lipinski definition) is 5. The molecule has 3 aromatic rings. The van der Waals surface area contributed by atoms with E-state index in [1.54, 1.807) is 47.2 Å². The molecule has 0 spiro atoms. The van der Waals surface area contributed by atoms with Crippen LogP contribution >= 0.6 is 0 Å². The van der Waals surface area contributed by atoms with Gasteiger partial charge in [-0.1, -0.05) is 36.4 Å². The predicted octanol–water partition coefficient (Wildman–Crippen LogP) is 5.89. The lowest BCUT2D eigenvalue weighted by atomic mass is 9.96. The first-order valence-electron chi connectivity index (χ1n) is 13.1. The standard InChI is InChI=1S/C30H30F4N2O6/c1-29(27(37)38,42-26-6-4-3-5-25(26)31)17-20-7-11-23(12-8-20)40-16-15-22-19-36(28(39)35(22)2)18-21-9-13-24(14-10-21)41-30(32,33)34/h3-14,22H,15-19H2,1-2H3,(H,37,38). The Bertz CT molecular complexity index is 1380. The number of carboxylic acid groups (broad SMARTS) is 1. The molecule has 0 saturated carbocycles. The fourth-order valence-electron chi connectivity index (χ4n) is 4.60. The number of alkyl halides is 3. The van der Waals surface area contributed by atoms with Gasteiger partial charge in [-0.25, -0.2) is 14.0 Å². The van der Waals surface area contributed by atoms with E-state index in [9.17, 15) is 32.3 Å². The Labute approximate surface area is 240 Å². The summed E-state index contributed by atoms with van der Waals surface area (Å²) in [6.45, 7) is 2.35. The highest BCUT2D eigenvalue weighted by atomic mass is 19.4. The van der Waals surface area contributed by atoms with Gasteiger partial charge < -0.3 is 29.1 Å². The van der Waals surface area contributed by atoms with Crippen LogP contribution in [0.15, 0.2) is 72.8 Å². The van der Waals surface area contributed by atoms with Crippen molar-refractivity contribution in [3.63, 3.8) is 0 Å². The normalized spacial score (nSPS) is 16.7. The van der Waals surface area contributed by atoms with Gasteiger partial charge in [0.05, 0.1) is 12.6 Å². The lowest BCUT2D eigenvalue weighted by molar-refractivity contribution is -0.274. The van der Waals surface area contributed by atoms with E-state index in [0.29, 0.717) is 36.4 Å². The van der Waals surface area contributed by atoms with Gasteiger partial charge in [-0.05, 0) is 54.4 Å². The summed E-state index contributed by atoms with van der Waals surface area (Å²) in [5.41, 5.74) is -0.380. The van der Waals surface area contributed by atoms with Crippen molar-refractivity contribution in [2.45, 2.75) is 44.3 Å². The number of likely N-dealkylation sites (N-methyl/N-ethyl adjacent to an activating group) is 1. The number of carboxylic acids is 1. The molecule has 0 aromatic heterocycles. The molecule has 12 heteroatoms. The fraction of sp³-hybridized carbons (Fsp3) is 0.333. The van der Waals surface area contributed by atoms with E-state index in [2.05, 4.69) is 4.74 Å². The van der Waals surface area contributed by atoms with Gasteiger partial charge in [-0.3, -0.25) is 0 Å². The number of hydrogen-bond donors (Lipinski definition) is 1. The highest BCUT2D eigenvalue weighted by molar-refractivity contribution is 5.78. The number of amides is 2. The Morgan fingerprint density at radius 3 is 2.19 bits per heavy atom. The van der Waals surface area contributed by atoms with Gasteiger partial charge >= 0.3 is 18.4 Å². The topological polar surface area (TPSA) is 88.5 Å². The quantitative estimate of drug-likeness (QED) is 0.265. The summed E-state index contributed by atoms with van der Waals surface area (Å²) >= 11 is 0. The molecular weight excluding hydrogens is 560 g/mol. The molecule has 2 unspecified atom stereocenters. The minimum atomic E-state index is -4.77. The maximum Gasteiger partial charge on any atom is 0.573 e. The summed E-state index contributed by atoms with van der Waals surface area (Å²) in [5.74, 6) is -1.81. The molecule has 8 nitrogen and oxygen atoms in total. The SMILES string of the molecule is CN1C(=O)N(Cc2ccc(OC(F)(F)F)cc2)CC1CCOc1ccc(CC(C)(Oc2ccccc2F)C(=O)O)cc1. The first kappa shape index (κ1) is 30.5. The summed E-state index contributed by atoms with van der Waals surface area (Å²) < 4.78 is 66.4. The molecular formula is C30H30F4N2O6. The summed E-state index contributed by atoms with van der Waals surface area (Å²) in [6.07, 6.45) is -4.25. The maximum atomic E-state index is 14.0. The summed E-state index contributed by atoms with van der Waals surface area (Å²) in [7, 11) is 1.69. The van der Waals surface area contributed by atoms with Crippen LogP contribution in [0.3, 0.4) is 0 Å². The molecule has 4 rings (SSSR count). The summed E-state index contributed by atoms with van der Waals surface area (Å²) in [4.78, 5) is 27.9. The zero-order chi connectivity index (χ0) is 30.5. The van der Waals surface area contributed by atoms with E-state index in [-0.39, 0.29) is 36.5 Å². The third-order valence-electron chi connectivity index (χ3n) is 6.89. The molecule has 224 valence electrons. The number of nitrogens with zero attached hydrogens (tertiary/aromatic N) is 2. The Balaban J connectivity index is 1.27. The molecule has 1 N–H and O–H groups in total. The van der Waals surface area contributed by atoms with Crippen molar-refractivity contribution in [2.24, 2.45) is 0 Å². The number of urea groups is 1. The summed E-state index contributed by atoms with van der Waals surface area (Å²) in [5, 5.41) is 9.76. The first-order valence-corrected chi connectivity index (χ1v) is 13.1. The van der Waals surface area contributed by atoms with Crippen molar-refractivity contribution in [1.29, 1.82) is 0 Å². The smallest absolute Gasteiger partial charge is 0.494 e. The van der Waals surface area contributed by atoms with Crippen LogP contribution < -0.4 is 14.2 Å². The average Bonchev–Trinajstić information content (AvgIpc) is 3.19. The lowest BCUT2D eigenvalue weighted by Gasteiger charge is -2.26. The largest absolute Gasteiger partial charge is 0.573 e. The second-order valence-corrected chi connectivity index (χ2v) is 10.1. The van der Waals surface area contributed by atoms with Gasteiger partial charge in [0.1, 0.15) is 11.5 Å². The molecule has 42 heavy (non-hydrogen) atoms. The van der Waals surface area contributed by atoms with Crippen molar-refractivity contribution in [3.05, 3.63) is 89.7 Å². The van der Waals surface area contributed by atoms with E-state index < -0.39 is 23.7 Å². The van der Waals surface area contributed by atoms with Crippen LogP contribution in [0, 0.1) is 5.82 Å². The molecule has 0 aliphatic carbocycles. The minimum Gasteiger partial charge on any atom is -0.494 e. The van der Waals surface area contributed by atoms with Gasteiger partial charge in [0, 0.05) is 33.0 Å². The number of para-hydroxylation sites is 1. The molecule has 1 aliphatic rings. The molecule has 1 fully saturated rings. The van der Waals surface area contributed by atoms with Crippen LogP contribution in [-0.2, 0) is 17.8 Å². The molecule has 0 radical (unpaired) electrons. The number of halogens is 4. The highest BCUT2D eigenvalue weighted by Gasteiger charge is 2.37. The van der Waals surface area contributed by atoms with Gasteiger partial charge in [0.25, 0.3) is 0 Å². The van der Waals surface area contributed by atoms with E-state index in [1.165, 1.54) is 49.4 Å². The number of carbonyl (C=O) groups excluding carboxylic acids is 1. The van der Waals surface area contributed by atoms with Crippen molar-refractivity contribution < 1.29 is 46.5 Å². The summed E-state index contributed by atoms with van der Waals surface area (Å²) in [6, 6.07) is 17.5. The zero-order valence-corrected chi connectivity index (χ0v) is 22.9. The molecule has 0 bridgehead atoms. The molecule has 1 aliphatic heterocycles. The van der Waals surface area contributed by atoms with E-state index in [0.717, 1.165) is 0 Å². The third kappa shape index (κ3) is 7.83. The Kier molecular flexibility index (Phi) is 9.13. The average molecular weight is 591 g/mol. The van der Waals surface area contributed by atoms with Crippen LogP contribution in [0.4, 0.5) is 22.4 Å². The molecule has 2 amide bonds. The molecule has 1 heterocycles. The van der Waals surface area contributed by atoms with Crippen molar-refractivity contribution >= 4 is 12.0 Å². The first-order chi connectivity index (χ1) is 19.8. The molecule has 1 saturated heterocycles. The highest BCUT2D eigenvalue weighted by Crippen LogP contribution is 2.27. The maximum absolute atomic E-state index is 14.0. The van der Waals surface area contributed by atoms with Crippen LogP contribution in [0.2, 0.25) is 0 Å². The number of benzene rings is 3. The van der Waals surface area contributed by atoms with E-state index in [4.69, 9.17) is 9.47 Å². The zero-order valence-electron chi connectivity index (χ0n) is 22.9. The van der Waals surface area contributed by atoms with Gasteiger partial charge in [-0.2, -0.15) is 0 Å². The third-order valence-corrected chi connectivity index (χ3v) is 6.89. The number of ether oxygens (including phenoxy) is 3. The minimum absolute atomic E-state index is 0.0140. The van der Waals surface area contributed by atoms with Crippen LogP contribution in [0.1, 0.15) is 24.5 Å². The second-order valence-electron chi connectivity index (χ2n) is 10.1. The number of rotatable bonds is 12. The lowest BCUT2D eigenvalue weighted by Crippen LogP contribution is -2.43. The van der Waals surface area contributed by atoms with Crippen molar-refractivity contribution in [3.8, 4) is 17.2 Å². The Morgan fingerprint density at radius 2 is 1.57 bits per heavy atom. The van der Waals surface area contributed by atoms with E-state index in [1.807, 2.05) is 0 Å². The fourth-order valence-corrected chi connectivity index (χ4v) is 4.60. The predicted molar refractivity (Wildman–Crippen MR) is 144 cm³/mol. The van der Waals surface area contributed by atoms with E-state index >= 15 is 0 Å². The van der Waals surface area contributed by atoms with Gasteiger partial charge in [0.2, 0.25) is 5.60 Å². The molecule has 2 atom stereocenters.